The number of nitrogens with two attached hydrogens (primary N) is 1. The van der Waals surface area contributed by atoms with E-state index in [0.29, 0.717) is 17.0 Å². The summed E-state index contributed by atoms with van der Waals surface area (Å²) in [6.07, 6.45) is 1.00. The molecule has 0 fully saturated rings. The topological polar surface area (TPSA) is 170 Å². The molecule has 12 heteroatoms. The summed E-state index contributed by atoms with van der Waals surface area (Å²) < 4.78 is 38.3. The molecule has 0 aromatic heterocycles. The standard InChI is InChI=1S/C16H20N4O7S/c1-2-25-16(22)19-12-5-3-4-11-8-10(6-7-26-14(11)12)13(21)9-28(23,24)27-20-15(17)18/h3-5,8H,2,6-7,9H2,1H3,(H,19,22)(H4,17,18,20). The number of benzene rings is 1. The second-order valence-electron chi connectivity index (χ2n) is 5.56. The smallest absolute Gasteiger partial charge is 0.411 e. The Labute approximate surface area is 161 Å². The molecular weight excluding hydrogens is 392 g/mol. The number of nitrogens with one attached hydrogen (secondary N) is 3. The van der Waals surface area contributed by atoms with Crippen LogP contribution in [0.25, 0.3) is 6.08 Å². The van der Waals surface area contributed by atoms with Gasteiger partial charge >= 0.3 is 6.09 Å². The van der Waals surface area contributed by atoms with Gasteiger partial charge in [-0.05, 0) is 19.1 Å². The second kappa shape index (κ2) is 9.19. The second-order valence-corrected chi connectivity index (χ2v) is 7.13. The molecule has 1 aliphatic rings. The Hall–Kier alpha value is -3.12. The van der Waals surface area contributed by atoms with Gasteiger partial charge in [-0.2, -0.15) is 8.42 Å². The van der Waals surface area contributed by atoms with Crippen molar-refractivity contribution >= 4 is 39.7 Å². The summed E-state index contributed by atoms with van der Waals surface area (Å²) in [5.74, 6) is -2.00. The number of hydroxylamine groups is 1. The van der Waals surface area contributed by atoms with E-state index < -0.39 is 33.7 Å². The molecule has 0 radical (unpaired) electrons. The van der Waals surface area contributed by atoms with Crippen LogP contribution in [0.15, 0.2) is 23.8 Å². The summed E-state index contributed by atoms with van der Waals surface area (Å²) in [6, 6.07) is 4.92. The fourth-order valence-corrected chi connectivity index (χ4v) is 3.12. The highest BCUT2D eigenvalue weighted by molar-refractivity contribution is 7.87. The minimum absolute atomic E-state index is 0.0959. The summed E-state index contributed by atoms with van der Waals surface area (Å²) in [4.78, 5) is 24.0. The SMILES string of the molecule is CCOC(=O)Nc1cccc2c1OCCC(C(=O)CS(=O)(=O)ONC(=N)N)=C2. The van der Waals surface area contributed by atoms with Crippen molar-refractivity contribution in [1.82, 2.24) is 5.48 Å². The van der Waals surface area contributed by atoms with Crippen LogP contribution in [0.5, 0.6) is 5.75 Å². The van der Waals surface area contributed by atoms with Crippen LogP contribution in [0, 0.1) is 5.41 Å². The number of ketones is 1. The number of amides is 1. The van der Waals surface area contributed by atoms with E-state index in [1.165, 1.54) is 6.08 Å². The Balaban J connectivity index is 2.21. The Bertz CT molecular complexity index is 912. The number of para-hydroxylation sites is 1. The summed E-state index contributed by atoms with van der Waals surface area (Å²) in [5, 5.41) is 9.43. The van der Waals surface area contributed by atoms with Crippen LogP contribution in [0.4, 0.5) is 10.5 Å². The Morgan fingerprint density at radius 2 is 2.11 bits per heavy atom. The van der Waals surface area contributed by atoms with E-state index >= 15 is 0 Å². The molecule has 1 aliphatic heterocycles. The summed E-state index contributed by atoms with van der Waals surface area (Å²) in [5.41, 5.74) is 7.70. The summed E-state index contributed by atoms with van der Waals surface area (Å²) in [7, 11) is -4.28. The van der Waals surface area contributed by atoms with E-state index in [1.807, 2.05) is 0 Å². The van der Waals surface area contributed by atoms with Crippen LogP contribution in [-0.2, 0) is 23.9 Å². The highest BCUT2D eigenvalue weighted by Crippen LogP contribution is 2.33. The summed E-state index contributed by atoms with van der Waals surface area (Å²) >= 11 is 0. The zero-order valence-electron chi connectivity index (χ0n) is 15.0. The zero-order valence-corrected chi connectivity index (χ0v) is 15.8. The lowest BCUT2D eigenvalue weighted by atomic mass is 10.1. The van der Waals surface area contributed by atoms with Gasteiger partial charge in [0.25, 0.3) is 10.1 Å². The maximum absolute atomic E-state index is 12.4. The van der Waals surface area contributed by atoms with Gasteiger partial charge in [-0.1, -0.05) is 12.1 Å². The number of carbonyl (C=O) groups is 2. The van der Waals surface area contributed by atoms with Crippen LogP contribution in [0.1, 0.15) is 18.9 Å². The molecule has 1 aromatic carbocycles. The van der Waals surface area contributed by atoms with E-state index in [9.17, 15) is 18.0 Å². The number of Topliss-reactive ketones (excluding diaryl/α,β-unsaturated/α-hetero) is 1. The predicted molar refractivity (Wildman–Crippen MR) is 100 cm³/mol. The third kappa shape index (κ3) is 5.96. The van der Waals surface area contributed by atoms with Crippen molar-refractivity contribution in [3.63, 3.8) is 0 Å². The van der Waals surface area contributed by atoms with Gasteiger partial charge in [0.2, 0.25) is 5.96 Å². The number of hydrogen-bond donors (Lipinski definition) is 4. The van der Waals surface area contributed by atoms with Gasteiger partial charge in [0, 0.05) is 17.6 Å². The monoisotopic (exact) mass is 412 g/mol. The molecule has 1 aromatic rings. The van der Waals surface area contributed by atoms with Crippen molar-refractivity contribution < 1.29 is 31.8 Å². The van der Waals surface area contributed by atoms with Crippen molar-refractivity contribution in [2.24, 2.45) is 5.73 Å². The molecule has 5 N–H and O–H groups in total. The molecular formula is C16H20N4O7S. The number of rotatable bonds is 7. The third-order valence-corrected chi connectivity index (χ3v) is 4.40. The minimum Gasteiger partial charge on any atom is -0.490 e. The van der Waals surface area contributed by atoms with Crippen LogP contribution < -0.4 is 21.3 Å². The number of hydrogen-bond acceptors (Lipinski definition) is 8. The average Bonchev–Trinajstić information content (AvgIpc) is 2.83. The normalized spacial score (nSPS) is 13.2. The largest absolute Gasteiger partial charge is 0.490 e. The van der Waals surface area contributed by atoms with Crippen LogP contribution in [0.3, 0.4) is 0 Å². The maximum atomic E-state index is 12.4. The lowest BCUT2D eigenvalue weighted by Crippen LogP contribution is -2.34. The van der Waals surface area contributed by atoms with Crippen molar-refractivity contribution in [1.29, 1.82) is 5.41 Å². The molecule has 152 valence electrons. The first kappa shape index (κ1) is 21.2. The Kier molecular flexibility index (Phi) is 6.95. The predicted octanol–water partition coefficient (Wildman–Crippen LogP) is 0.734. The van der Waals surface area contributed by atoms with Crippen LogP contribution in [0.2, 0.25) is 0 Å². The quantitative estimate of drug-likeness (QED) is 0.286. The van der Waals surface area contributed by atoms with Gasteiger partial charge in [0.1, 0.15) is 11.5 Å². The van der Waals surface area contributed by atoms with E-state index in [0.717, 1.165) is 0 Å². The number of fused-ring (bicyclic) bond motifs is 1. The molecule has 1 heterocycles. The number of ether oxygens (including phenoxy) is 2. The van der Waals surface area contributed by atoms with Crippen LogP contribution in [-0.4, -0.2) is 45.2 Å². The molecule has 0 spiro atoms. The molecule has 2 rings (SSSR count). The van der Waals surface area contributed by atoms with E-state index in [-0.39, 0.29) is 25.2 Å². The van der Waals surface area contributed by atoms with Gasteiger partial charge in [-0.25, -0.2) is 10.3 Å². The number of guanidine groups is 1. The minimum atomic E-state index is -4.28. The third-order valence-electron chi connectivity index (χ3n) is 3.45. The molecule has 0 bridgehead atoms. The van der Waals surface area contributed by atoms with E-state index in [1.54, 1.807) is 30.6 Å². The number of anilines is 1. The van der Waals surface area contributed by atoms with Gasteiger partial charge in [-0.3, -0.25) is 15.5 Å². The fourth-order valence-electron chi connectivity index (χ4n) is 2.34. The zero-order chi connectivity index (χ0) is 20.7. The van der Waals surface area contributed by atoms with Gasteiger partial charge in [0.05, 0.1) is 18.9 Å². The Morgan fingerprint density at radius 1 is 1.36 bits per heavy atom. The lowest BCUT2D eigenvalue weighted by molar-refractivity contribution is -0.113. The molecule has 1 amide bonds. The first-order valence-electron chi connectivity index (χ1n) is 8.16. The highest BCUT2D eigenvalue weighted by Gasteiger charge is 2.24. The molecule has 0 saturated carbocycles. The first-order valence-corrected chi connectivity index (χ1v) is 9.74. The van der Waals surface area contributed by atoms with E-state index in [4.69, 9.17) is 20.6 Å². The van der Waals surface area contributed by atoms with Crippen molar-refractivity contribution in [3.05, 3.63) is 29.3 Å². The highest BCUT2D eigenvalue weighted by atomic mass is 32.2. The van der Waals surface area contributed by atoms with Gasteiger partial charge in [-0.15, -0.1) is 4.28 Å². The molecule has 28 heavy (non-hydrogen) atoms. The fraction of sp³-hybridized carbons (Fsp3) is 0.312. The van der Waals surface area contributed by atoms with Crippen molar-refractivity contribution in [3.8, 4) is 5.75 Å². The van der Waals surface area contributed by atoms with Crippen molar-refractivity contribution in [2.45, 2.75) is 13.3 Å². The first-order chi connectivity index (χ1) is 13.2. The lowest BCUT2D eigenvalue weighted by Gasteiger charge is -2.13. The molecule has 0 atom stereocenters. The van der Waals surface area contributed by atoms with Crippen molar-refractivity contribution in [2.75, 3.05) is 24.3 Å². The van der Waals surface area contributed by atoms with Gasteiger partial charge in [0.15, 0.2) is 5.78 Å². The molecule has 0 saturated heterocycles. The van der Waals surface area contributed by atoms with E-state index in [2.05, 4.69) is 9.60 Å². The molecule has 0 aliphatic carbocycles. The summed E-state index contributed by atoms with van der Waals surface area (Å²) in [6.45, 7) is 1.97. The maximum Gasteiger partial charge on any atom is 0.411 e. The van der Waals surface area contributed by atoms with Crippen LogP contribution >= 0.6 is 0 Å². The Morgan fingerprint density at radius 3 is 2.79 bits per heavy atom. The average molecular weight is 412 g/mol. The molecule has 0 unspecified atom stereocenters. The van der Waals surface area contributed by atoms with Gasteiger partial charge < -0.3 is 15.2 Å². The molecule has 11 nitrogen and oxygen atoms in total. The number of carbonyl (C=O) groups excluding carboxylic acids is 2.